The quantitative estimate of drug-likeness (QED) is 0.758. The molecule has 7 nitrogen and oxygen atoms in total. The lowest BCUT2D eigenvalue weighted by Crippen LogP contribution is -2.37. The summed E-state index contributed by atoms with van der Waals surface area (Å²) in [5.74, 6) is -0.206. The first-order chi connectivity index (χ1) is 8.02. The van der Waals surface area contributed by atoms with Crippen molar-refractivity contribution >= 4 is 28.5 Å². The van der Waals surface area contributed by atoms with E-state index in [9.17, 15) is 14.4 Å². The number of rotatable bonds is 3. The van der Waals surface area contributed by atoms with Gasteiger partial charge < -0.3 is 4.98 Å². The van der Waals surface area contributed by atoms with E-state index in [1.54, 1.807) is 6.92 Å². The van der Waals surface area contributed by atoms with Crippen LogP contribution in [0, 0.1) is 0 Å². The van der Waals surface area contributed by atoms with Gasteiger partial charge >= 0.3 is 5.69 Å². The molecule has 0 amide bonds. The van der Waals surface area contributed by atoms with Crippen molar-refractivity contribution in [3.05, 3.63) is 26.1 Å². The molecule has 0 aliphatic carbocycles. The first-order valence-corrected chi connectivity index (χ1v) is 5.30. The van der Waals surface area contributed by atoms with Crippen molar-refractivity contribution in [2.45, 2.75) is 19.9 Å². The van der Waals surface area contributed by atoms with Gasteiger partial charge in [0, 0.05) is 6.42 Å². The summed E-state index contributed by atoms with van der Waals surface area (Å²) in [5.41, 5.74) is -1.11. The minimum Gasteiger partial charge on any atom is -0.323 e. The van der Waals surface area contributed by atoms with Gasteiger partial charge in [-0.2, -0.15) is 4.98 Å². The van der Waals surface area contributed by atoms with Crippen LogP contribution < -0.4 is 11.2 Å². The van der Waals surface area contributed by atoms with E-state index in [4.69, 9.17) is 11.6 Å². The normalized spacial score (nSPS) is 10.9. The van der Waals surface area contributed by atoms with Gasteiger partial charge in [-0.15, -0.1) is 0 Å². The Kier molecular flexibility index (Phi) is 2.84. The first kappa shape index (κ1) is 11.6. The molecule has 0 aromatic carbocycles. The van der Waals surface area contributed by atoms with Crippen molar-refractivity contribution in [3.8, 4) is 0 Å². The maximum atomic E-state index is 11.9. The zero-order valence-electron chi connectivity index (χ0n) is 8.91. The van der Waals surface area contributed by atoms with Crippen LogP contribution in [-0.2, 0) is 11.3 Å². The third-order valence-corrected chi connectivity index (χ3v) is 2.51. The van der Waals surface area contributed by atoms with Crippen LogP contribution in [0.3, 0.4) is 0 Å². The van der Waals surface area contributed by atoms with Crippen LogP contribution >= 0.6 is 11.6 Å². The molecule has 2 aromatic heterocycles. The van der Waals surface area contributed by atoms with Crippen LogP contribution in [0.1, 0.15) is 13.3 Å². The maximum Gasteiger partial charge on any atom is 0.330 e. The summed E-state index contributed by atoms with van der Waals surface area (Å²) in [7, 11) is 0. The summed E-state index contributed by atoms with van der Waals surface area (Å²) in [6.45, 7) is 1.41. The topological polar surface area (TPSA) is 101 Å². The predicted octanol–water partition coefficient (Wildman–Crippen LogP) is 0.0454. The highest BCUT2D eigenvalue weighted by Gasteiger charge is 2.13. The van der Waals surface area contributed by atoms with Gasteiger partial charge in [0.2, 0.25) is 5.28 Å². The van der Waals surface area contributed by atoms with E-state index < -0.39 is 11.2 Å². The van der Waals surface area contributed by atoms with Crippen molar-refractivity contribution in [1.29, 1.82) is 0 Å². The fraction of sp³-hybridized carbons (Fsp3) is 0.333. The molecule has 2 rings (SSSR count). The highest BCUT2D eigenvalue weighted by atomic mass is 35.5. The van der Waals surface area contributed by atoms with E-state index >= 15 is 0 Å². The number of carbonyl (C=O) groups excluding carboxylic acids is 1. The summed E-state index contributed by atoms with van der Waals surface area (Å²) < 4.78 is 0.822. The SMILES string of the molecule is CCC(=O)Cn1c(=O)[nH]c2nc(Cl)[nH]c2c1=O. The van der Waals surface area contributed by atoms with E-state index in [1.165, 1.54) is 0 Å². The third-order valence-electron chi connectivity index (χ3n) is 2.33. The molecule has 0 bridgehead atoms. The molecule has 90 valence electrons. The second kappa shape index (κ2) is 4.17. The number of imidazole rings is 1. The lowest BCUT2D eigenvalue weighted by Gasteiger charge is -2.01. The molecule has 0 aliphatic rings. The molecule has 0 saturated heterocycles. The van der Waals surface area contributed by atoms with Crippen molar-refractivity contribution < 1.29 is 4.79 Å². The minimum atomic E-state index is -0.674. The summed E-state index contributed by atoms with van der Waals surface area (Å²) in [6.07, 6.45) is 0.258. The first-order valence-electron chi connectivity index (χ1n) is 4.93. The molecule has 2 heterocycles. The molecule has 0 fully saturated rings. The van der Waals surface area contributed by atoms with Crippen LogP contribution in [0.5, 0.6) is 0 Å². The molecule has 0 aliphatic heterocycles. The van der Waals surface area contributed by atoms with Gasteiger partial charge in [-0.1, -0.05) is 6.92 Å². The van der Waals surface area contributed by atoms with E-state index in [2.05, 4.69) is 15.0 Å². The van der Waals surface area contributed by atoms with E-state index in [1.807, 2.05) is 0 Å². The van der Waals surface area contributed by atoms with Crippen molar-refractivity contribution in [2.24, 2.45) is 0 Å². The number of ketones is 1. The Balaban J connectivity index is 2.67. The Hall–Kier alpha value is -1.89. The number of hydrogen-bond donors (Lipinski definition) is 2. The van der Waals surface area contributed by atoms with Crippen molar-refractivity contribution in [2.75, 3.05) is 0 Å². The van der Waals surface area contributed by atoms with Crippen LogP contribution in [0.2, 0.25) is 5.28 Å². The highest BCUT2D eigenvalue weighted by molar-refractivity contribution is 6.28. The van der Waals surface area contributed by atoms with E-state index in [0.29, 0.717) is 0 Å². The Bertz CT molecular complexity index is 696. The number of aromatic amines is 2. The number of halogens is 1. The summed E-state index contributed by atoms with van der Waals surface area (Å²) in [6, 6.07) is 0. The molecule has 0 radical (unpaired) electrons. The molecule has 0 unspecified atom stereocenters. The van der Waals surface area contributed by atoms with Crippen LogP contribution in [-0.4, -0.2) is 25.3 Å². The fourth-order valence-corrected chi connectivity index (χ4v) is 1.60. The molecule has 0 spiro atoms. The number of fused-ring (bicyclic) bond motifs is 1. The Morgan fingerprint density at radius 3 is 2.76 bits per heavy atom. The van der Waals surface area contributed by atoms with Gasteiger partial charge in [0.25, 0.3) is 5.56 Å². The van der Waals surface area contributed by atoms with Gasteiger partial charge in [-0.3, -0.25) is 19.1 Å². The average molecular weight is 257 g/mol. The van der Waals surface area contributed by atoms with Gasteiger partial charge in [0.1, 0.15) is 0 Å². The molecule has 0 saturated carbocycles. The number of nitrogens with one attached hydrogen (secondary N) is 2. The van der Waals surface area contributed by atoms with Gasteiger partial charge in [0.15, 0.2) is 16.9 Å². The monoisotopic (exact) mass is 256 g/mol. The van der Waals surface area contributed by atoms with Gasteiger partial charge in [-0.25, -0.2) is 4.79 Å². The minimum absolute atomic E-state index is 0.00678. The van der Waals surface area contributed by atoms with Crippen molar-refractivity contribution in [3.63, 3.8) is 0 Å². The Labute approximate surface area is 99.4 Å². The number of Topliss-reactive ketones (excluding diaryl/α,β-unsaturated/α-hetero) is 1. The third kappa shape index (κ3) is 2.01. The number of aromatic nitrogens is 4. The molecule has 2 aromatic rings. The number of hydrogen-bond acceptors (Lipinski definition) is 4. The zero-order chi connectivity index (χ0) is 12.6. The number of H-pyrrole nitrogens is 2. The predicted molar refractivity (Wildman–Crippen MR) is 61.3 cm³/mol. The molecule has 17 heavy (non-hydrogen) atoms. The lowest BCUT2D eigenvalue weighted by molar-refractivity contribution is -0.119. The summed E-state index contributed by atoms with van der Waals surface area (Å²) >= 11 is 5.59. The van der Waals surface area contributed by atoms with E-state index in [-0.39, 0.29) is 35.2 Å². The Morgan fingerprint density at radius 1 is 1.41 bits per heavy atom. The number of nitrogens with zero attached hydrogens (tertiary/aromatic N) is 2. The van der Waals surface area contributed by atoms with Crippen LogP contribution in [0.4, 0.5) is 0 Å². The molecular weight excluding hydrogens is 248 g/mol. The van der Waals surface area contributed by atoms with Crippen LogP contribution in [0.25, 0.3) is 11.2 Å². The zero-order valence-corrected chi connectivity index (χ0v) is 9.67. The smallest absolute Gasteiger partial charge is 0.323 e. The standard InChI is InChI=1S/C9H9ClN4O3/c1-2-4(15)3-14-7(16)5-6(13-9(14)17)12-8(10)11-5/h2-3H2,1H3,(H,11,12)(H,13,17). The molecule has 2 N–H and O–H groups in total. The summed E-state index contributed by atoms with van der Waals surface area (Å²) in [5, 5.41) is 0.00678. The second-order valence-electron chi connectivity index (χ2n) is 3.46. The second-order valence-corrected chi connectivity index (χ2v) is 3.82. The highest BCUT2D eigenvalue weighted by Crippen LogP contribution is 2.06. The van der Waals surface area contributed by atoms with Gasteiger partial charge in [0.05, 0.1) is 6.54 Å². The lowest BCUT2D eigenvalue weighted by atomic mass is 10.3. The van der Waals surface area contributed by atoms with Crippen molar-refractivity contribution in [1.82, 2.24) is 19.5 Å². The van der Waals surface area contributed by atoms with Gasteiger partial charge in [-0.05, 0) is 11.6 Å². The molecule has 0 atom stereocenters. The average Bonchev–Trinajstić information content (AvgIpc) is 2.64. The Morgan fingerprint density at radius 2 is 2.12 bits per heavy atom. The maximum absolute atomic E-state index is 11.9. The van der Waals surface area contributed by atoms with Crippen LogP contribution in [0.15, 0.2) is 9.59 Å². The summed E-state index contributed by atoms with van der Waals surface area (Å²) in [4.78, 5) is 43.3. The molecular formula is C9H9ClN4O3. The largest absolute Gasteiger partial charge is 0.330 e. The number of carbonyl (C=O) groups is 1. The molecule has 8 heteroatoms. The fourth-order valence-electron chi connectivity index (χ4n) is 1.42. The van der Waals surface area contributed by atoms with E-state index in [0.717, 1.165) is 4.57 Å².